The highest BCUT2D eigenvalue weighted by Gasteiger charge is 2.34. The highest BCUT2D eigenvalue weighted by atomic mass is 79.9. The summed E-state index contributed by atoms with van der Waals surface area (Å²) < 4.78 is 6.78. The Hall–Kier alpha value is -1.81. The topological polar surface area (TPSA) is 29.5 Å². The third-order valence-corrected chi connectivity index (χ3v) is 5.79. The molecule has 0 bridgehead atoms. The zero-order valence-corrected chi connectivity index (χ0v) is 18.2. The van der Waals surface area contributed by atoms with E-state index in [1.54, 1.807) is 0 Å². The summed E-state index contributed by atoms with van der Waals surface area (Å²) in [6.45, 7) is 7.84. The lowest BCUT2D eigenvalue weighted by atomic mass is 9.91. The summed E-state index contributed by atoms with van der Waals surface area (Å²) in [6, 6.07) is 14.9. The minimum atomic E-state index is -0.513. The van der Waals surface area contributed by atoms with Crippen molar-refractivity contribution in [1.82, 2.24) is 0 Å². The van der Waals surface area contributed by atoms with Crippen molar-refractivity contribution in [2.24, 2.45) is 0 Å². The predicted molar refractivity (Wildman–Crippen MR) is 114 cm³/mol. The number of carbonyl (C=O) groups is 1. The Balaban J connectivity index is 1.89. The van der Waals surface area contributed by atoms with Crippen LogP contribution in [0.1, 0.15) is 50.3 Å². The fourth-order valence-electron chi connectivity index (χ4n) is 3.61. The Morgan fingerprint density at radius 1 is 1.22 bits per heavy atom. The molecule has 1 unspecified atom stereocenters. The Morgan fingerprint density at radius 3 is 2.59 bits per heavy atom. The van der Waals surface area contributed by atoms with Gasteiger partial charge >= 0.3 is 6.09 Å². The molecule has 4 heteroatoms. The summed E-state index contributed by atoms with van der Waals surface area (Å²) in [7, 11) is 0. The van der Waals surface area contributed by atoms with Gasteiger partial charge in [0, 0.05) is 10.5 Å². The second-order valence-electron chi connectivity index (χ2n) is 8.30. The van der Waals surface area contributed by atoms with Crippen LogP contribution in [-0.2, 0) is 17.6 Å². The second-order valence-corrected chi connectivity index (χ2v) is 9.15. The highest BCUT2D eigenvalue weighted by Crippen LogP contribution is 2.37. The van der Waals surface area contributed by atoms with Crippen LogP contribution in [0.25, 0.3) is 0 Å². The maximum absolute atomic E-state index is 13.1. The maximum atomic E-state index is 13.1. The molecule has 1 aliphatic rings. The van der Waals surface area contributed by atoms with Crippen molar-refractivity contribution in [3.8, 4) is 0 Å². The van der Waals surface area contributed by atoms with E-state index in [1.807, 2.05) is 31.7 Å². The molecule has 2 aromatic rings. The molecule has 0 fully saturated rings. The van der Waals surface area contributed by atoms with Gasteiger partial charge in [-0.05, 0) is 76.1 Å². The molecule has 3 rings (SSSR count). The zero-order valence-electron chi connectivity index (χ0n) is 16.6. The van der Waals surface area contributed by atoms with Crippen molar-refractivity contribution < 1.29 is 9.53 Å². The van der Waals surface area contributed by atoms with Crippen LogP contribution >= 0.6 is 15.9 Å². The first kappa shape index (κ1) is 19.9. The Bertz CT molecular complexity index is 811. The normalized spacial score (nSPS) is 16.8. The average molecular weight is 430 g/mol. The van der Waals surface area contributed by atoms with E-state index in [9.17, 15) is 4.79 Å². The van der Waals surface area contributed by atoms with E-state index >= 15 is 0 Å². The van der Waals surface area contributed by atoms with Crippen LogP contribution in [0.4, 0.5) is 10.5 Å². The Morgan fingerprint density at radius 2 is 1.93 bits per heavy atom. The van der Waals surface area contributed by atoms with E-state index in [0.717, 1.165) is 35.8 Å². The lowest BCUT2D eigenvalue weighted by Crippen LogP contribution is -2.46. The number of rotatable bonds is 3. The van der Waals surface area contributed by atoms with Gasteiger partial charge in [-0.1, -0.05) is 52.3 Å². The molecule has 1 heterocycles. The van der Waals surface area contributed by atoms with Crippen molar-refractivity contribution in [2.75, 3.05) is 4.90 Å². The minimum Gasteiger partial charge on any atom is -0.443 e. The van der Waals surface area contributed by atoms with Crippen LogP contribution in [0.5, 0.6) is 0 Å². The van der Waals surface area contributed by atoms with Crippen LogP contribution in [0.2, 0.25) is 0 Å². The SMILES string of the molecule is Cc1cc2c(cc1Br)N(C(=O)OC(C)(C)C)C(CCc1ccccc1)CC2. The van der Waals surface area contributed by atoms with Crippen LogP contribution in [0.15, 0.2) is 46.9 Å². The first-order valence-electron chi connectivity index (χ1n) is 9.60. The van der Waals surface area contributed by atoms with Gasteiger partial charge in [0.15, 0.2) is 0 Å². The quantitative estimate of drug-likeness (QED) is 0.560. The third-order valence-electron chi connectivity index (χ3n) is 4.93. The summed E-state index contributed by atoms with van der Waals surface area (Å²) in [5, 5.41) is 0. The summed E-state index contributed by atoms with van der Waals surface area (Å²) in [5.74, 6) is 0. The lowest BCUT2D eigenvalue weighted by molar-refractivity contribution is 0.0558. The lowest BCUT2D eigenvalue weighted by Gasteiger charge is -2.38. The molecular weight excluding hydrogens is 402 g/mol. The van der Waals surface area contributed by atoms with Crippen molar-refractivity contribution in [3.63, 3.8) is 0 Å². The van der Waals surface area contributed by atoms with Crippen LogP contribution in [-0.4, -0.2) is 17.7 Å². The summed E-state index contributed by atoms with van der Waals surface area (Å²) >= 11 is 3.63. The number of carbonyl (C=O) groups excluding carboxylic acids is 1. The second kappa shape index (κ2) is 8.05. The van der Waals surface area contributed by atoms with Gasteiger partial charge in [0.1, 0.15) is 5.60 Å². The molecule has 1 atom stereocenters. The van der Waals surface area contributed by atoms with Crippen LogP contribution < -0.4 is 4.90 Å². The van der Waals surface area contributed by atoms with Gasteiger partial charge in [0.2, 0.25) is 0 Å². The molecule has 1 amide bonds. The van der Waals surface area contributed by atoms with E-state index in [4.69, 9.17) is 4.74 Å². The van der Waals surface area contributed by atoms with Crippen molar-refractivity contribution >= 4 is 27.7 Å². The van der Waals surface area contributed by atoms with Gasteiger partial charge in [0.25, 0.3) is 0 Å². The molecule has 2 aromatic carbocycles. The molecule has 0 aliphatic carbocycles. The van der Waals surface area contributed by atoms with Crippen molar-refractivity contribution in [3.05, 3.63) is 63.6 Å². The molecule has 1 aliphatic heterocycles. The fraction of sp³-hybridized carbons (Fsp3) is 0.435. The largest absolute Gasteiger partial charge is 0.443 e. The van der Waals surface area contributed by atoms with E-state index in [2.05, 4.69) is 59.3 Å². The number of benzene rings is 2. The van der Waals surface area contributed by atoms with Crippen molar-refractivity contribution in [2.45, 2.75) is 65.0 Å². The molecule has 0 saturated heterocycles. The van der Waals surface area contributed by atoms with E-state index < -0.39 is 5.60 Å². The first-order valence-corrected chi connectivity index (χ1v) is 10.4. The van der Waals surface area contributed by atoms with Gasteiger partial charge in [-0.25, -0.2) is 4.79 Å². The van der Waals surface area contributed by atoms with Crippen LogP contribution in [0, 0.1) is 6.92 Å². The van der Waals surface area contributed by atoms with Gasteiger partial charge in [0.05, 0.1) is 5.69 Å². The number of nitrogens with zero attached hydrogens (tertiary/aromatic N) is 1. The van der Waals surface area contributed by atoms with Gasteiger partial charge in [-0.15, -0.1) is 0 Å². The number of hydrogen-bond donors (Lipinski definition) is 0. The summed E-state index contributed by atoms with van der Waals surface area (Å²) in [5.41, 5.74) is 4.18. The number of hydrogen-bond acceptors (Lipinski definition) is 2. The van der Waals surface area contributed by atoms with E-state index in [0.29, 0.717) is 0 Å². The molecule has 144 valence electrons. The number of aryl methyl sites for hydroxylation is 3. The molecule has 0 N–H and O–H groups in total. The average Bonchev–Trinajstić information content (AvgIpc) is 2.60. The molecule has 27 heavy (non-hydrogen) atoms. The maximum Gasteiger partial charge on any atom is 0.415 e. The fourth-order valence-corrected chi connectivity index (χ4v) is 3.94. The van der Waals surface area contributed by atoms with E-state index in [1.165, 1.54) is 16.7 Å². The Kier molecular flexibility index (Phi) is 5.95. The molecule has 3 nitrogen and oxygen atoms in total. The van der Waals surface area contributed by atoms with Crippen LogP contribution in [0.3, 0.4) is 0 Å². The number of fused-ring (bicyclic) bond motifs is 1. The number of anilines is 1. The monoisotopic (exact) mass is 429 g/mol. The Labute approximate surface area is 170 Å². The third kappa shape index (κ3) is 4.92. The summed E-state index contributed by atoms with van der Waals surface area (Å²) in [4.78, 5) is 15.0. The molecule has 0 saturated carbocycles. The molecular formula is C23H28BrNO2. The van der Waals surface area contributed by atoms with Gasteiger partial charge < -0.3 is 4.74 Å². The zero-order chi connectivity index (χ0) is 19.6. The first-order chi connectivity index (χ1) is 12.7. The van der Waals surface area contributed by atoms with Gasteiger partial charge in [-0.2, -0.15) is 0 Å². The summed E-state index contributed by atoms with van der Waals surface area (Å²) in [6.07, 6.45) is 3.57. The number of halogens is 1. The molecule has 0 aromatic heterocycles. The highest BCUT2D eigenvalue weighted by molar-refractivity contribution is 9.10. The minimum absolute atomic E-state index is 0.141. The number of amides is 1. The van der Waals surface area contributed by atoms with Crippen molar-refractivity contribution in [1.29, 1.82) is 0 Å². The standard InChI is InChI=1S/C23H28BrNO2/c1-16-14-18-11-13-19(12-10-17-8-6-5-7-9-17)25(21(18)15-20(16)24)22(26)27-23(2,3)4/h5-9,14-15,19H,10-13H2,1-4H3. The predicted octanol–water partition coefficient (Wildman–Crippen LogP) is 6.45. The smallest absolute Gasteiger partial charge is 0.415 e. The molecule has 0 radical (unpaired) electrons. The van der Waals surface area contributed by atoms with E-state index in [-0.39, 0.29) is 12.1 Å². The number of ether oxygens (including phenoxy) is 1. The molecule has 0 spiro atoms. The van der Waals surface area contributed by atoms with Gasteiger partial charge in [-0.3, -0.25) is 4.90 Å².